The molecule has 6 heteroatoms. The predicted molar refractivity (Wildman–Crippen MR) is 91.1 cm³/mol. The first-order valence-electron chi connectivity index (χ1n) is 7.96. The third kappa shape index (κ3) is 3.34. The summed E-state index contributed by atoms with van der Waals surface area (Å²) in [5.74, 6) is -0.792. The molecule has 1 atom stereocenters. The smallest absolute Gasteiger partial charge is 0.407 e. The quantitative estimate of drug-likeness (QED) is 0.813. The van der Waals surface area contributed by atoms with Crippen LogP contribution in [0, 0.1) is 0 Å². The highest BCUT2D eigenvalue weighted by atomic mass is 16.6. The van der Waals surface area contributed by atoms with Crippen molar-refractivity contribution in [2.24, 2.45) is 0 Å². The molecule has 0 radical (unpaired) electrons. The van der Waals surface area contributed by atoms with E-state index < -0.39 is 24.7 Å². The van der Waals surface area contributed by atoms with Gasteiger partial charge in [0.25, 0.3) is 0 Å². The highest BCUT2D eigenvalue weighted by Gasteiger charge is 2.29. The lowest BCUT2D eigenvalue weighted by Gasteiger charge is -2.17. The first-order chi connectivity index (χ1) is 12.2. The maximum absolute atomic E-state index is 12.0. The van der Waals surface area contributed by atoms with Crippen LogP contribution in [0.15, 0.2) is 48.5 Å². The lowest BCUT2D eigenvalue weighted by atomic mass is 9.98. The molecule has 1 aliphatic rings. The topological polar surface area (TPSA) is 84.9 Å². The predicted octanol–water partition coefficient (Wildman–Crippen LogP) is 2.06. The van der Waals surface area contributed by atoms with E-state index in [9.17, 15) is 9.59 Å². The van der Waals surface area contributed by atoms with Gasteiger partial charge in [0.15, 0.2) is 6.04 Å². The third-order valence-corrected chi connectivity index (χ3v) is 4.30. The number of nitrogens with one attached hydrogen (secondary N) is 1. The molecule has 130 valence electrons. The van der Waals surface area contributed by atoms with Gasteiger partial charge in [0.1, 0.15) is 6.61 Å². The van der Waals surface area contributed by atoms with E-state index >= 15 is 0 Å². The van der Waals surface area contributed by atoms with E-state index in [2.05, 4.69) is 10.1 Å². The molecule has 6 nitrogen and oxygen atoms in total. The van der Waals surface area contributed by atoms with Crippen molar-refractivity contribution in [2.45, 2.75) is 12.0 Å². The summed E-state index contributed by atoms with van der Waals surface area (Å²) in [5.41, 5.74) is 4.47. The van der Waals surface area contributed by atoms with Crippen LogP contribution in [0.2, 0.25) is 0 Å². The van der Waals surface area contributed by atoms with Crippen molar-refractivity contribution < 1.29 is 24.2 Å². The van der Waals surface area contributed by atoms with Crippen molar-refractivity contribution in [3.63, 3.8) is 0 Å². The number of hydrogen-bond donors (Lipinski definition) is 2. The minimum Gasteiger partial charge on any atom is -0.467 e. The molecule has 1 aliphatic carbocycles. The number of aliphatic hydroxyl groups is 1. The van der Waals surface area contributed by atoms with E-state index in [1.165, 1.54) is 7.11 Å². The zero-order valence-corrected chi connectivity index (χ0v) is 13.8. The highest BCUT2D eigenvalue weighted by Crippen LogP contribution is 2.44. The van der Waals surface area contributed by atoms with Crippen molar-refractivity contribution in [3.8, 4) is 11.1 Å². The molecule has 0 saturated carbocycles. The van der Waals surface area contributed by atoms with Gasteiger partial charge < -0.3 is 19.9 Å². The Labute approximate surface area is 145 Å². The van der Waals surface area contributed by atoms with Crippen LogP contribution in [0.5, 0.6) is 0 Å². The normalized spacial score (nSPS) is 13.5. The SMILES string of the molecule is COC(=O)C(CO)NC(=O)OCC1c2ccccc2-c2ccccc21. The molecule has 1 unspecified atom stereocenters. The van der Waals surface area contributed by atoms with Crippen LogP contribution in [-0.2, 0) is 14.3 Å². The molecule has 0 bridgehead atoms. The van der Waals surface area contributed by atoms with Crippen molar-refractivity contribution in [1.82, 2.24) is 5.32 Å². The van der Waals surface area contributed by atoms with Crippen LogP contribution < -0.4 is 5.32 Å². The van der Waals surface area contributed by atoms with Gasteiger partial charge in [0.05, 0.1) is 13.7 Å². The monoisotopic (exact) mass is 341 g/mol. The summed E-state index contributed by atoms with van der Waals surface area (Å²) in [5, 5.41) is 11.4. The van der Waals surface area contributed by atoms with Crippen LogP contribution in [0.4, 0.5) is 4.79 Å². The number of benzene rings is 2. The molecule has 0 aromatic heterocycles. The molecule has 2 N–H and O–H groups in total. The summed E-state index contributed by atoms with van der Waals surface area (Å²) in [6.07, 6.45) is -0.772. The minimum absolute atomic E-state index is 0.0659. The Morgan fingerprint density at radius 2 is 1.64 bits per heavy atom. The summed E-state index contributed by atoms with van der Waals surface area (Å²) in [4.78, 5) is 23.4. The summed E-state index contributed by atoms with van der Waals surface area (Å²) < 4.78 is 9.80. The number of esters is 1. The van der Waals surface area contributed by atoms with Gasteiger partial charge in [-0.1, -0.05) is 48.5 Å². The van der Waals surface area contributed by atoms with E-state index in [-0.39, 0.29) is 12.5 Å². The highest BCUT2D eigenvalue weighted by molar-refractivity contribution is 5.82. The number of carbonyl (C=O) groups excluding carboxylic acids is 2. The Balaban J connectivity index is 1.71. The fraction of sp³-hybridized carbons (Fsp3) is 0.263. The van der Waals surface area contributed by atoms with Crippen LogP contribution in [0.3, 0.4) is 0 Å². The minimum atomic E-state index is -1.14. The summed E-state index contributed by atoms with van der Waals surface area (Å²) >= 11 is 0. The fourth-order valence-electron chi connectivity index (χ4n) is 3.10. The van der Waals surface area contributed by atoms with Crippen LogP contribution >= 0.6 is 0 Å². The van der Waals surface area contributed by atoms with Gasteiger partial charge in [-0.15, -0.1) is 0 Å². The van der Waals surface area contributed by atoms with Crippen molar-refractivity contribution >= 4 is 12.1 Å². The largest absolute Gasteiger partial charge is 0.467 e. The molecule has 0 heterocycles. The summed E-state index contributed by atoms with van der Waals surface area (Å²) in [7, 11) is 1.18. The van der Waals surface area contributed by atoms with E-state index in [0.717, 1.165) is 22.3 Å². The molecule has 25 heavy (non-hydrogen) atoms. The van der Waals surface area contributed by atoms with Gasteiger partial charge in [0.2, 0.25) is 0 Å². The van der Waals surface area contributed by atoms with Gasteiger partial charge in [-0.2, -0.15) is 0 Å². The molecule has 0 spiro atoms. The molecule has 3 rings (SSSR count). The number of amides is 1. The van der Waals surface area contributed by atoms with E-state index in [1.54, 1.807) is 0 Å². The van der Waals surface area contributed by atoms with Crippen LogP contribution in [-0.4, -0.2) is 43.5 Å². The second kappa shape index (κ2) is 7.36. The summed E-state index contributed by atoms with van der Waals surface area (Å²) in [6, 6.07) is 14.9. The van der Waals surface area contributed by atoms with Gasteiger partial charge in [-0.05, 0) is 22.3 Å². The average Bonchev–Trinajstić information content (AvgIpc) is 2.98. The molecule has 2 aromatic carbocycles. The Morgan fingerprint density at radius 1 is 1.08 bits per heavy atom. The number of aliphatic hydroxyl groups excluding tert-OH is 1. The second-order valence-corrected chi connectivity index (χ2v) is 5.73. The van der Waals surface area contributed by atoms with Crippen LogP contribution in [0.1, 0.15) is 17.0 Å². The number of rotatable bonds is 5. The third-order valence-electron chi connectivity index (χ3n) is 4.30. The number of alkyl carbamates (subject to hydrolysis) is 1. The zero-order chi connectivity index (χ0) is 17.8. The fourth-order valence-corrected chi connectivity index (χ4v) is 3.10. The van der Waals surface area contributed by atoms with Crippen molar-refractivity contribution in [1.29, 1.82) is 0 Å². The maximum atomic E-state index is 12.0. The van der Waals surface area contributed by atoms with Crippen molar-refractivity contribution in [2.75, 3.05) is 20.3 Å². The van der Waals surface area contributed by atoms with Gasteiger partial charge in [-0.25, -0.2) is 9.59 Å². The van der Waals surface area contributed by atoms with E-state index in [1.807, 2.05) is 48.5 Å². The Bertz CT molecular complexity index is 743. The van der Waals surface area contributed by atoms with Crippen LogP contribution in [0.25, 0.3) is 11.1 Å². The van der Waals surface area contributed by atoms with E-state index in [4.69, 9.17) is 9.84 Å². The standard InChI is InChI=1S/C19H19NO5/c1-24-18(22)17(10-21)20-19(23)25-11-16-14-8-4-2-6-12(14)13-7-3-5-9-15(13)16/h2-9,16-17,21H,10-11H2,1H3,(H,20,23). The number of carbonyl (C=O) groups is 2. The van der Waals surface area contributed by atoms with Gasteiger partial charge in [0, 0.05) is 5.92 Å². The maximum Gasteiger partial charge on any atom is 0.407 e. The molecular formula is C19H19NO5. The Morgan fingerprint density at radius 3 is 2.16 bits per heavy atom. The molecule has 1 amide bonds. The van der Waals surface area contributed by atoms with Gasteiger partial charge >= 0.3 is 12.1 Å². The average molecular weight is 341 g/mol. The second-order valence-electron chi connectivity index (χ2n) is 5.73. The Kier molecular flexibility index (Phi) is 5.00. The van der Waals surface area contributed by atoms with E-state index in [0.29, 0.717) is 0 Å². The molecule has 0 fully saturated rings. The Hall–Kier alpha value is -2.86. The molecule has 2 aromatic rings. The zero-order valence-electron chi connectivity index (χ0n) is 13.8. The summed E-state index contributed by atoms with van der Waals surface area (Å²) in [6.45, 7) is -0.421. The molecule has 0 aliphatic heterocycles. The van der Waals surface area contributed by atoms with Gasteiger partial charge in [-0.3, -0.25) is 0 Å². The lowest BCUT2D eigenvalue weighted by molar-refractivity contribution is -0.144. The number of methoxy groups -OCH3 is 1. The first-order valence-corrected chi connectivity index (χ1v) is 7.96. The number of hydrogen-bond acceptors (Lipinski definition) is 5. The number of ether oxygens (including phenoxy) is 2. The molecule has 0 saturated heterocycles. The lowest BCUT2D eigenvalue weighted by Crippen LogP contribution is -2.44. The molecular weight excluding hydrogens is 322 g/mol. The van der Waals surface area contributed by atoms with Crippen molar-refractivity contribution in [3.05, 3.63) is 59.7 Å². The number of fused-ring (bicyclic) bond motifs is 3. The first kappa shape index (κ1) is 17.0.